The number of hydrogen-bond acceptors (Lipinski definition) is 4. The van der Waals surface area contributed by atoms with Crippen molar-refractivity contribution < 1.29 is 9.53 Å². The van der Waals surface area contributed by atoms with Crippen molar-refractivity contribution in [3.05, 3.63) is 29.6 Å². The van der Waals surface area contributed by atoms with Crippen LogP contribution in [-0.2, 0) is 16.1 Å². The molecule has 0 fully saturated rings. The number of nitrogens with one attached hydrogen (secondary N) is 1. The Labute approximate surface area is 82.3 Å². The van der Waals surface area contributed by atoms with Gasteiger partial charge in [-0.25, -0.2) is 0 Å². The topological polar surface area (TPSA) is 51.2 Å². The van der Waals surface area contributed by atoms with Crippen LogP contribution < -0.4 is 5.32 Å². The lowest BCUT2D eigenvalue weighted by molar-refractivity contribution is -0.134. The van der Waals surface area contributed by atoms with E-state index in [9.17, 15) is 4.79 Å². The number of fused-ring (bicyclic) bond motifs is 1. The van der Waals surface area contributed by atoms with Gasteiger partial charge in [0.25, 0.3) is 6.47 Å². The molecule has 1 aliphatic rings. The van der Waals surface area contributed by atoms with Crippen LogP contribution in [0.3, 0.4) is 0 Å². The largest absolute Gasteiger partial charge is 0.463 e. The second-order valence-electron chi connectivity index (χ2n) is 3.37. The fourth-order valence-electron chi connectivity index (χ4n) is 1.80. The van der Waals surface area contributed by atoms with Gasteiger partial charge in [-0.15, -0.1) is 0 Å². The quantitative estimate of drug-likeness (QED) is 0.719. The van der Waals surface area contributed by atoms with E-state index in [1.165, 1.54) is 11.1 Å². The molecule has 0 aliphatic carbocycles. The minimum atomic E-state index is -0.142. The molecule has 0 spiro atoms. The van der Waals surface area contributed by atoms with Gasteiger partial charge in [0.2, 0.25) is 0 Å². The Hall–Kier alpha value is -1.42. The molecule has 0 saturated carbocycles. The Bertz CT molecular complexity index is 341. The van der Waals surface area contributed by atoms with Crippen molar-refractivity contribution in [2.45, 2.75) is 25.6 Å². The second kappa shape index (κ2) is 3.75. The molecule has 74 valence electrons. The van der Waals surface area contributed by atoms with E-state index in [1.54, 1.807) is 6.20 Å². The highest BCUT2D eigenvalue weighted by molar-refractivity contribution is 5.39. The van der Waals surface area contributed by atoms with E-state index < -0.39 is 0 Å². The van der Waals surface area contributed by atoms with Gasteiger partial charge in [-0.3, -0.25) is 9.78 Å². The number of hydrogen-bond donors (Lipinski definition) is 1. The predicted molar refractivity (Wildman–Crippen MR) is 50.4 cm³/mol. The van der Waals surface area contributed by atoms with E-state index in [1.807, 2.05) is 19.2 Å². The summed E-state index contributed by atoms with van der Waals surface area (Å²) in [5.41, 5.74) is 2.35. The maximum Gasteiger partial charge on any atom is 0.293 e. The standard InChI is InChI=1S/C10H12N2O2/c1-7(14-6-13)10-9-2-3-11-4-8(9)5-12-10/h2-4,6-7,10,12H,5H2,1H3. The van der Waals surface area contributed by atoms with Crippen molar-refractivity contribution in [1.29, 1.82) is 0 Å². The number of ether oxygens (including phenoxy) is 1. The molecular weight excluding hydrogens is 180 g/mol. The summed E-state index contributed by atoms with van der Waals surface area (Å²) in [6, 6.07) is 2.06. The zero-order valence-corrected chi connectivity index (χ0v) is 7.93. The maximum atomic E-state index is 10.2. The van der Waals surface area contributed by atoms with Gasteiger partial charge >= 0.3 is 0 Å². The molecule has 0 amide bonds. The van der Waals surface area contributed by atoms with Gasteiger partial charge in [0, 0.05) is 18.9 Å². The minimum Gasteiger partial charge on any atom is -0.463 e. The van der Waals surface area contributed by atoms with Crippen LogP contribution in [0.2, 0.25) is 0 Å². The van der Waals surface area contributed by atoms with Gasteiger partial charge < -0.3 is 10.1 Å². The van der Waals surface area contributed by atoms with Crippen molar-refractivity contribution in [3.8, 4) is 0 Å². The minimum absolute atomic E-state index is 0.0956. The van der Waals surface area contributed by atoms with Gasteiger partial charge in [-0.05, 0) is 24.1 Å². The Kier molecular flexibility index (Phi) is 2.45. The molecule has 1 aliphatic heterocycles. The molecule has 0 aromatic carbocycles. The van der Waals surface area contributed by atoms with E-state index >= 15 is 0 Å². The highest BCUT2D eigenvalue weighted by Gasteiger charge is 2.27. The van der Waals surface area contributed by atoms with E-state index in [-0.39, 0.29) is 12.1 Å². The van der Waals surface area contributed by atoms with Crippen LogP contribution in [0.5, 0.6) is 0 Å². The summed E-state index contributed by atoms with van der Waals surface area (Å²) in [5, 5.41) is 3.28. The van der Waals surface area contributed by atoms with Gasteiger partial charge in [-0.1, -0.05) is 0 Å². The molecule has 4 nitrogen and oxygen atoms in total. The SMILES string of the molecule is CC(OC=O)C1NCc2cnccc21. The fraction of sp³-hybridized carbons (Fsp3) is 0.400. The van der Waals surface area contributed by atoms with Crippen molar-refractivity contribution in [2.75, 3.05) is 0 Å². The summed E-state index contributed by atoms with van der Waals surface area (Å²) >= 11 is 0. The van der Waals surface area contributed by atoms with Crippen molar-refractivity contribution in [1.82, 2.24) is 10.3 Å². The average Bonchev–Trinajstić information content (AvgIpc) is 2.61. The molecule has 14 heavy (non-hydrogen) atoms. The van der Waals surface area contributed by atoms with Crippen LogP contribution in [-0.4, -0.2) is 17.6 Å². The number of pyridine rings is 1. The summed E-state index contributed by atoms with van der Waals surface area (Å²) in [7, 11) is 0. The number of nitrogens with zero attached hydrogens (tertiary/aromatic N) is 1. The molecule has 1 N–H and O–H groups in total. The Balaban J connectivity index is 2.21. The zero-order chi connectivity index (χ0) is 9.97. The van der Waals surface area contributed by atoms with Crippen molar-refractivity contribution in [3.63, 3.8) is 0 Å². The van der Waals surface area contributed by atoms with Crippen LogP contribution in [0.25, 0.3) is 0 Å². The molecule has 0 bridgehead atoms. The normalized spacial score (nSPS) is 21.4. The molecule has 0 radical (unpaired) electrons. The first-order valence-electron chi connectivity index (χ1n) is 4.58. The number of carbonyl (C=O) groups excluding carboxylic acids is 1. The van der Waals surface area contributed by atoms with E-state index in [2.05, 4.69) is 10.3 Å². The molecule has 2 atom stereocenters. The molecule has 0 saturated heterocycles. The third-order valence-corrected chi connectivity index (χ3v) is 2.53. The van der Waals surface area contributed by atoms with Crippen LogP contribution in [0.1, 0.15) is 24.1 Å². The average molecular weight is 192 g/mol. The molecular formula is C10H12N2O2. The monoisotopic (exact) mass is 192 g/mol. The number of rotatable bonds is 3. The molecule has 1 aromatic heterocycles. The third kappa shape index (κ3) is 1.48. The first-order chi connectivity index (χ1) is 6.83. The van der Waals surface area contributed by atoms with E-state index in [0.717, 1.165) is 6.54 Å². The second-order valence-corrected chi connectivity index (χ2v) is 3.37. The number of carbonyl (C=O) groups is 1. The molecule has 2 heterocycles. The molecule has 1 aromatic rings. The van der Waals surface area contributed by atoms with Crippen LogP contribution >= 0.6 is 0 Å². The zero-order valence-electron chi connectivity index (χ0n) is 7.93. The Morgan fingerprint density at radius 2 is 2.64 bits per heavy atom. The molecule has 2 unspecified atom stereocenters. The van der Waals surface area contributed by atoms with Crippen LogP contribution in [0.4, 0.5) is 0 Å². The van der Waals surface area contributed by atoms with Crippen LogP contribution in [0.15, 0.2) is 18.5 Å². The lowest BCUT2D eigenvalue weighted by Gasteiger charge is -2.18. The summed E-state index contributed by atoms with van der Waals surface area (Å²) in [5.74, 6) is 0. The number of aromatic nitrogens is 1. The molecule has 4 heteroatoms. The molecule has 2 rings (SSSR count). The highest BCUT2D eigenvalue weighted by atomic mass is 16.5. The maximum absolute atomic E-state index is 10.2. The smallest absolute Gasteiger partial charge is 0.293 e. The van der Waals surface area contributed by atoms with Gasteiger partial charge in [0.15, 0.2) is 0 Å². The Morgan fingerprint density at radius 1 is 1.79 bits per heavy atom. The predicted octanol–water partition coefficient (Wildman–Crippen LogP) is 0.787. The first kappa shape index (κ1) is 9.15. The highest BCUT2D eigenvalue weighted by Crippen LogP contribution is 2.27. The van der Waals surface area contributed by atoms with E-state index in [4.69, 9.17) is 4.74 Å². The van der Waals surface area contributed by atoms with Crippen molar-refractivity contribution >= 4 is 6.47 Å². The third-order valence-electron chi connectivity index (χ3n) is 2.53. The van der Waals surface area contributed by atoms with Crippen molar-refractivity contribution in [2.24, 2.45) is 0 Å². The summed E-state index contributed by atoms with van der Waals surface area (Å²) in [4.78, 5) is 14.3. The van der Waals surface area contributed by atoms with Crippen LogP contribution in [0, 0.1) is 0 Å². The van der Waals surface area contributed by atoms with Gasteiger partial charge in [-0.2, -0.15) is 0 Å². The lowest BCUT2D eigenvalue weighted by Crippen LogP contribution is -2.26. The van der Waals surface area contributed by atoms with Gasteiger partial charge in [0.1, 0.15) is 6.10 Å². The fourth-order valence-corrected chi connectivity index (χ4v) is 1.80. The first-order valence-corrected chi connectivity index (χ1v) is 4.58. The summed E-state index contributed by atoms with van der Waals surface area (Å²) in [6.45, 7) is 3.16. The lowest BCUT2D eigenvalue weighted by atomic mass is 10.0. The van der Waals surface area contributed by atoms with E-state index in [0.29, 0.717) is 6.47 Å². The van der Waals surface area contributed by atoms with Gasteiger partial charge in [0.05, 0.1) is 6.04 Å². The summed E-state index contributed by atoms with van der Waals surface area (Å²) in [6.07, 6.45) is 3.46. The summed E-state index contributed by atoms with van der Waals surface area (Å²) < 4.78 is 4.92. The Morgan fingerprint density at radius 3 is 3.43 bits per heavy atom.